The summed E-state index contributed by atoms with van der Waals surface area (Å²) in [7, 11) is 1.43. The molecule has 1 heterocycles. The summed E-state index contributed by atoms with van der Waals surface area (Å²) in [5.74, 6) is 1.48. The minimum Gasteiger partial charge on any atom is -0.468 e. The van der Waals surface area contributed by atoms with Gasteiger partial charge in [-0.25, -0.2) is 14.5 Å². The van der Waals surface area contributed by atoms with Crippen LogP contribution in [0.1, 0.15) is 45.3 Å². The Balaban J connectivity index is 2.21. The molecule has 1 fully saturated rings. The Labute approximate surface area is 119 Å². The van der Waals surface area contributed by atoms with Gasteiger partial charge >= 0.3 is 5.97 Å². The summed E-state index contributed by atoms with van der Waals surface area (Å²) in [6, 6.07) is 0.415. The lowest BCUT2D eigenvalue weighted by Crippen LogP contribution is -2.54. The highest BCUT2D eigenvalue weighted by molar-refractivity contribution is 5.80. The first-order valence-corrected chi connectivity index (χ1v) is 7.31. The van der Waals surface area contributed by atoms with Gasteiger partial charge in [0.25, 0.3) is 0 Å². The normalized spacial score (nSPS) is 17.8. The van der Waals surface area contributed by atoms with Crippen molar-refractivity contribution in [2.45, 2.75) is 64.6 Å². The number of methoxy groups -OCH3 is 1. The van der Waals surface area contributed by atoms with E-state index in [9.17, 15) is 4.79 Å². The number of carbonyl (C=O) groups is 1. The SMILES string of the molecule is CCc1nc(CC)n(CC(C)(NC2CC2)C(=O)OC)n1. The van der Waals surface area contributed by atoms with Gasteiger partial charge in [-0.1, -0.05) is 13.8 Å². The lowest BCUT2D eigenvalue weighted by Gasteiger charge is -2.28. The summed E-state index contributed by atoms with van der Waals surface area (Å²) in [6.45, 7) is 6.40. The van der Waals surface area contributed by atoms with E-state index in [1.807, 2.05) is 25.5 Å². The Morgan fingerprint density at radius 2 is 2.15 bits per heavy atom. The number of nitrogens with zero attached hydrogens (tertiary/aromatic N) is 3. The van der Waals surface area contributed by atoms with Crippen molar-refractivity contribution in [1.29, 1.82) is 0 Å². The summed E-state index contributed by atoms with van der Waals surface area (Å²) in [6.07, 6.45) is 3.83. The highest BCUT2D eigenvalue weighted by Crippen LogP contribution is 2.24. The van der Waals surface area contributed by atoms with E-state index in [0.717, 1.165) is 37.3 Å². The van der Waals surface area contributed by atoms with E-state index in [0.29, 0.717) is 12.6 Å². The fourth-order valence-corrected chi connectivity index (χ4v) is 2.34. The first-order chi connectivity index (χ1) is 9.52. The molecule has 0 aliphatic heterocycles. The summed E-state index contributed by atoms with van der Waals surface area (Å²) in [5, 5.41) is 7.87. The summed E-state index contributed by atoms with van der Waals surface area (Å²) < 4.78 is 6.80. The molecule has 1 saturated carbocycles. The second-order valence-corrected chi connectivity index (χ2v) is 5.55. The van der Waals surface area contributed by atoms with Crippen LogP contribution in [0.4, 0.5) is 0 Å². The van der Waals surface area contributed by atoms with Crippen molar-refractivity contribution in [3.05, 3.63) is 11.6 Å². The molecule has 1 aromatic heterocycles. The Morgan fingerprint density at radius 3 is 2.65 bits per heavy atom. The molecule has 1 aliphatic rings. The molecule has 6 nitrogen and oxygen atoms in total. The number of nitrogens with one attached hydrogen (secondary N) is 1. The van der Waals surface area contributed by atoms with Crippen LogP contribution in [0.15, 0.2) is 0 Å². The molecule has 1 aromatic rings. The number of hydrogen-bond donors (Lipinski definition) is 1. The zero-order valence-corrected chi connectivity index (χ0v) is 12.8. The van der Waals surface area contributed by atoms with Gasteiger partial charge in [-0.05, 0) is 19.8 Å². The molecule has 0 radical (unpaired) electrons. The molecule has 20 heavy (non-hydrogen) atoms. The molecule has 1 unspecified atom stereocenters. The molecule has 0 bridgehead atoms. The zero-order chi connectivity index (χ0) is 14.8. The number of carbonyl (C=O) groups excluding carboxylic acids is 1. The Kier molecular flexibility index (Phi) is 4.42. The summed E-state index contributed by atoms with van der Waals surface area (Å²) in [4.78, 5) is 16.6. The Morgan fingerprint density at radius 1 is 1.45 bits per heavy atom. The van der Waals surface area contributed by atoms with Gasteiger partial charge in [0.1, 0.15) is 11.4 Å². The van der Waals surface area contributed by atoms with Crippen molar-refractivity contribution in [2.24, 2.45) is 0 Å². The first-order valence-electron chi connectivity index (χ1n) is 7.31. The van der Waals surface area contributed by atoms with Gasteiger partial charge < -0.3 is 4.74 Å². The maximum Gasteiger partial charge on any atom is 0.327 e. The second kappa shape index (κ2) is 5.91. The van der Waals surface area contributed by atoms with Crippen molar-refractivity contribution in [2.75, 3.05) is 7.11 Å². The molecule has 1 aliphatic carbocycles. The average molecular weight is 280 g/mol. The van der Waals surface area contributed by atoms with E-state index in [2.05, 4.69) is 15.4 Å². The van der Waals surface area contributed by atoms with Crippen LogP contribution in [0.2, 0.25) is 0 Å². The lowest BCUT2D eigenvalue weighted by atomic mass is 10.0. The van der Waals surface area contributed by atoms with Crippen LogP contribution in [0.25, 0.3) is 0 Å². The van der Waals surface area contributed by atoms with E-state index >= 15 is 0 Å². The van der Waals surface area contributed by atoms with E-state index in [1.165, 1.54) is 7.11 Å². The van der Waals surface area contributed by atoms with Gasteiger partial charge in [0, 0.05) is 18.9 Å². The molecule has 2 rings (SSSR count). The maximum absolute atomic E-state index is 12.1. The van der Waals surface area contributed by atoms with Gasteiger partial charge in [0.05, 0.1) is 13.7 Å². The van der Waals surface area contributed by atoms with Crippen LogP contribution in [0.5, 0.6) is 0 Å². The molecule has 0 saturated heterocycles. The first kappa shape index (κ1) is 15.0. The minimum absolute atomic E-state index is 0.250. The predicted octanol–water partition coefficient (Wildman–Crippen LogP) is 1.09. The molecular weight excluding hydrogens is 256 g/mol. The van der Waals surface area contributed by atoms with E-state index in [4.69, 9.17) is 4.74 Å². The Bertz CT molecular complexity index is 482. The van der Waals surface area contributed by atoms with Crippen molar-refractivity contribution < 1.29 is 9.53 Å². The average Bonchev–Trinajstić information content (AvgIpc) is 3.16. The molecule has 1 N–H and O–H groups in total. The predicted molar refractivity (Wildman–Crippen MR) is 75.4 cm³/mol. The smallest absolute Gasteiger partial charge is 0.327 e. The third-order valence-electron chi connectivity index (χ3n) is 3.63. The van der Waals surface area contributed by atoms with Gasteiger partial charge in [-0.15, -0.1) is 0 Å². The number of hydrogen-bond acceptors (Lipinski definition) is 5. The molecular formula is C14H24N4O2. The van der Waals surface area contributed by atoms with Crippen LogP contribution in [0.3, 0.4) is 0 Å². The van der Waals surface area contributed by atoms with E-state index in [-0.39, 0.29) is 5.97 Å². The van der Waals surface area contributed by atoms with Gasteiger partial charge in [-0.3, -0.25) is 5.32 Å². The number of esters is 1. The Hall–Kier alpha value is -1.43. The fourth-order valence-electron chi connectivity index (χ4n) is 2.34. The van der Waals surface area contributed by atoms with Gasteiger partial charge in [0.15, 0.2) is 5.82 Å². The molecule has 6 heteroatoms. The maximum atomic E-state index is 12.1. The second-order valence-electron chi connectivity index (χ2n) is 5.55. The monoisotopic (exact) mass is 280 g/mol. The van der Waals surface area contributed by atoms with Crippen LogP contribution in [-0.4, -0.2) is 39.4 Å². The van der Waals surface area contributed by atoms with Crippen LogP contribution in [-0.2, 0) is 28.9 Å². The van der Waals surface area contributed by atoms with Crippen molar-refractivity contribution in [3.8, 4) is 0 Å². The third kappa shape index (κ3) is 3.17. The van der Waals surface area contributed by atoms with Crippen LogP contribution >= 0.6 is 0 Å². The molecule has 0 amide bonds. The van der Waals surface area contributed by atoms with Crippen molar-refractivity contribution in [1.82, 2.24) is 20.1 Å². The van der Waals surface area contributed by atoms with Crippen molar-refractivity contribution >= 4 is 5.97 Å². The largest absolute Gasteiger partial charge is 0.468 e. The minimum atomic E-state index is -0.751. The highest BCUT2D eigenvalue weighted by atomic mass is 16.5. The number of ether oxygens (including phenoxy) is 1. The topological polar surface area (TPSA) is 69.0 Å². The van der Waals surface area contributed by atoms with Gasteiger partial charge in [-0.2, -0.15) is 5.10 Å². The van der Waals surface area contributed by atoms with Crippen LogP contribution < -0.4 is 5.32 Å². The summed E-state index contributed by atoms with van der Waals surface area (Å²) in [5.41, 5.74) is -0.751. The molecule has 1 atom stereocenters. The van der Waals surface area contributed by atoms with E-state index < -0.39 is 5.54 Å². The lowest BCUT2D eigenvalue weighted by molar-refractivity contribution is -0.148. The van der Waals surface area contributed by atoms with Crippen molar-refractivity contribution in [3.63, 3.8) is 0 Å². The fraction of sp³-hybridized carbons (Fsp3) is 0.786. The number of aromatic nitrogens is 3. The standard InChI is InChI=1S/C14H24N4O2/c1-5-11-15-12(6-2)18(17-11)9-14(3,13(19)20-4)16-10-7-8-10/h10,16H,5-9H2,1-4H3. The molecule has 0 spiro atoms. The summed E-state index contributed by atoms with van der Waals surface area (Å²) >= 11 is 0. The quantitative estimate of drug-likeness (QED) is 0.757. The van der Waals surface area contributed by atoms with Crippen LogP contribution in [0, 0.1) is 0 Å². The third-order valence-corrected chi connectivity index (χ3v) is 3.63. The number of aryl methyl sites for hydroxylation is 2. The van der Waals surface area contributed by atoms with E-state index in [1.54, 1.807) is 0 Å². The highest BCUT2D eigenvalue weighted by Gasteiger charge is 2.40. The zero-order valence-electron chi connectivity index (χ0n) is 12.8. The number of rotatable bonds is 7. The van der Waals surface area contributed by atoms with Gasteiger partial charge in [0.2, 0.25) is 0 Å². The molecule has 0 aromatic carbocycles. The molecule has 112 valence electrons.